The van der Waals surface area contributed by atoms with Crippen LogP contribution in [0.1, 0.15) is 44.9 Å². The van der Waals surface area contributed by atoms with Gasteiger partial charge in [0.2, 0.25) is 0 Å². The summed E-state index contributed by atoms with van der Waals surface area (Å²) in [4.78, 5) is 11.3. The summed E-state index contributed by atoms with van der Waals surface area (Å²) in [5.41, 5.74) is 5.92. The number of fused-ring (bicyclic) bond motifs is 2. The number of nitrogens with two attached hydrogens (primary N) is 1. The maximum absolute atomic E-state index is 5.92. The number of nitrogen functional groups attached to an aromatic ring is 1. The van der Waals surface area contributed by atoms with E-state index in [1.807, 2.05) is 6.07 Å². The summed E-state index contributed by atoms with van der Waals surface area (Å²) in [5, 5.41) is 0. The average molecular weight is 274 g/mol. The minimum absolute atomic E-state index is 0.596. The van der Waals surface area contributed by atoms with Crippen LogP contribution in [0.2, 0.25) is 0 Å². The van der Waals surface area contributed by atoms with E-state index < -0.39 is 0 Å². The predicted octanol–water partition coefficient (Wildman–Crippen LogP) is 2.88. The molecule has 1 aromatic rings. The van der Waals surface area contributed by atoms with Crippen molar-refractivity contribution in [2.75, 3.05) is 24.2 Å². The van der Waals surface area contributed by atoms with Crippen LogP contribution in [0.5, 0.6) is 0 Å². The smallest absolute Gasteiger partial charge is 0.134 e. The van der Waals surface area contributed by atoms with Crippen molar-refractivity contribution < 1.29 is 0 Å². The maximum Gasteiger partial charge on any atom is 0.134 e. The van der Waals surface area contributed by atoms with Gasteiger partial charge in [0.05, 0.1) is 0 Å². The third-order valence-corrected chi connectivity index (χ3v) is 5.04. The van der Waals surface area contributed by atoms with E-state index in [9.17, 15) is 0 Å². The second kappa shape index (κ2) is 5.58. The summed E-state index contributed by atoms with van der Waals surface area (Å²) >= 11 is 0. The van der Waals surface area contributed by atoms with E-state index in [2.05, 4.69) is 28.8 Å². The van der Waals surface area contributed by atoms with Crippen molar-refractivity contribution in [3.05, 3.63) is 11.9 Å². The Kier molecular flexibility index (Phi) is 3.81. The highest BCUT2D eigenvalue weighted by Crippen LogP contribution is 2.48. The van der Waals surface area contributed by atoms with Crippen molar-refractivity contribution in [3.63, 3.8) is 0 Å². The number of rotatable bonds is 5. The number of hydrogen-bond acceptors (Lipinski definition) is 4. The third-order valence-electron chi connectivity index (χ3n) is 5.04. The Labute approximate surface area is 121 Å². The molecule has 2 aliphatic carbocycles. The second-order valence-electron chi connectivity index (χ2n) is 6.63. The molecule has 2 saturated carbocycles. The van der Waals surface area contributed by atoms with Crippen LogP contribution in [0.4, 0.5) is 11.6 Å². The molecule has 1 aromatic heterocycles. The molecular weight excluding hydrogens is 248 g/mol. The minimum atomic E-state index is 0.596. The molecule has 3 rings (SSSR count). The van der Waals surface area contributed by atoms with Gasteiger partial charge in [0.1, 0.15) is 17.5 Å². The predicted molar refractivity (Wildman–Crippen MR) is 82.6 cm³/mol. The summed E-state index contributed by atoms with van der Waals surface area (Å²) in [6.45, 7) is 3.26. The molecule has 2 fully saturated rings. The lowest BCUT2D eigenvalue weighted by Gasteiger charge is -2.28. The van der Waals surface area contributed by atoms with Crippen LogP contribution in [0.15, 0.2) is 6.07 Å². The van der Waals surface area contributed by atoms with Crippen molar-refractivity contribution >= 4 is 11.6 Å². The lowest BCUT2D eigenvalue weighted by molar-refractivity contribution is 0.337. The van der Waals surface area contributed by atoms with E-state index in [-0.39, 0.29) is 0 Å². The fourth-order valence-electron chi connectivity index (χ4n) is 4.08. The standard InChI is InChI=1S/C16H26N4/c1-3-4-15-18-14(17)9-16(19-15)20(2)10-13-8-11-5-6-12(13)7-11/h9,11-13H,3-8,10H2,1-2H3,(H2,17,18,19). The molecule has 3 atom stereocenters. The van der Waals surface area contributed by atoms with Crippen LogP contribution >= 0.6 is 0 Å². The topological polar surface area (TPSA) is 55.0 Å². The first-order valence-corrected chi connectivity index (χ1v) is 8.00. The fourth-order valence-corrected chi connectivity index (χ4v) is 4.08. The molecule has 3 unspecified atom stereocenters. The van der Waals surface area contributed by atoms with Gasteiger partial charge < -0.3 is 10.6 Å². The zero-order chi connectivity index (χ0) is 14.1. The molecule has 0 spiro atoms. The second-order valence-corrected chi connectivity index (χ2v) is 6.63. The largest absolute Gasteiger partial charge is 0.384 e. The zero-order valence-electron chi connectivity index (χ0n) is 12.7. The van der Waals surface area contributed by atoms with Crippen LogP contribution in [0.3, 0.4) is 0 Å². The van der Waals surface area contributed by atoms with Gasteiger partial charge in [-0.2, -0.15) is 0 Å². The number of aromatic nitrogens is 2. The molecular formula is C16H26N4. The van der Waals surface area contributed by atoms with Crippen molar-refractivity contribution in [3.8, 4) is 0 Å². The average Bonchev–Trinajstić information content (AvgIpc) is 3.00. The monoisotopic (exact) mass is 274 g/mol. The quantitative estimate of drug-likeness (QED) is 0.897. The lowest BCUT2D eigenvalue weighted by Crippen LogP contribution is -2.29. The van der Waals surface area contributed by atoms with Gasteiger partial charge in [-0.05, 0) is 43.4 Å². The van der Waals surface area contributed by atoms with Crippen molar-refractivity contribution in [2.24, 2.45) is 17.8 Å². The molecule has 4 heteroatoms. The SMILES string of the molecule is CCCc1nc(N)cc(N(C)CC2CC3CCC2C3)n1. The van der Waals surface area contributed by atoms with Crippen molar-refractivity contribution in [2.45, 2.75) is 45.4 Å². The van der Waals surface area contributed by atoms with E-state index >= 15 is 0 Å². The molecule has 20 heavy (non-hydrogen) atoms. The van der Waals surface area contributed by atoms with E-state index in [0.717, 1.165) is 48.8 Å². The first-order chi connectivity index (χ1) is 9.65. The molecule has 110 valence electrons. The molecule has 4 nitrogen and oxygen atoms in total. The van der Waals surface area contributed by atoms with E-state index in [4.69, 9.17) is 5.73 Å². The van der Waals surface area contributed by atoms with Gasteiger partial charge in [-0.3, -0.25) is 0 Å². The molecule has 2 N–H and O–H groups in total. The highest BCUT2D eigenvalue weighted by atomic mass is 15.2. The zero-order valence-corrected chi connectivity index (χ0v) is 12.7. The molecule has 0 aromatic carbocycles. The molecule has 0 radical (unpaired) electrons. The summed E-state index contributed by atoms with van der Waals surface area (Å²) < 4.78 is 0. The number of nitrogens with zero attached hydrogens (tertiary/aromatic N) is 3. The normalized spacial score (nSPS) is 28.0. The molecule has 0 saturated heterocycles. The molecule has 0 amide bonds. The van der Waals surface area contributed by atoms with Crippen molar-refractivity contribution in [1.82, 2.24) is 9.97 Å². The Balaban J connectivity index is 1.68. The summed E-state index contributed by atoms with van der Waals surface area (Å²) in [6.07, 6.45) is 7.74. The highest BCUT2D eigenvalue weighted by Gasteiger charge is 2.39. The summed E-state index contributed by atoms with van der Waals surface area (Å²) in [7, 11) is 2.14. The van der Waals surface area contributed by atoms with Crippen LogP contribution in [-0.4, -0.2) is 23.6 Å². The third kappa shape index (κ3) is 2.74. The van der Waals surface area contributed by atoms with Crippen molar-refractivity contribution in [1.29, 1.82) is 0 Å². The van der Waals surface area contributed by atoms with E-state index in [1.165, 1.54) is 25.7 Å². The van der Waals surface area contributed by atoms with E-state index in [1.54, 1.807) is 0 Å². The maximum atomic E-state index is 5.92. The minimum Gasteiger partial charge on any atom is -0.384 e. The van der Waals surface area contributed by atoms with Gasteiger partial charge >= 0.3 is 0 Å². The van der Waals surface area contributed by atoms with Crippen LogP contribution in [0, 0.1) is 17.8 Å². The molecule has 0 aliphatic heterocycles. The van der Waals surface area contributed by atoms with Gasteiger partial charge in [-0.25, -0.2) is 9.97 Å². The van der Waals surface area contributed by atoms with Gasteiger partial charge in [0.25, 0.3) is 0 Å². The lowest BCUT2D eigenvalue weighted by atomic mass is 9.88. The Morgan fingerprint density at radius 1 is 1.30 bits per heavy atom. The molecule has 1 heterocycles. The number of hydrogen-bond donors (Lipinski definition) is 1. The molecule has 2 bridgehead atoms. The Bertz CT molecular complexity index is 474. The first kappa shape index (κ1) is 13.7. The summed E-state index contributed by atoms with van der Waals surface area (Å²) in [5.74, 6) is 5.27. The molecule has 2 aliphatic rings. The van der Waals surface area contributed by atoms with Crippen LogP contribution in [-0.2, 0) is 6.42 Å². The Morgan fingerprint density at radius 3 is 2.80 bits per heavy atom. The Morgan fingerprint density at radius 2 is 2.15 bits per heavy atom. The first-order valence-electron chi connectivity index (χ1n) is 8.00. The van der Waals surface area contributed by atoms with Gasteiger partial charge in [0.15, 0.2) is 0 Å². The Hall–Kier alpha value is -1.32. The summed E-state index contributed by atoms with van der Waals surface area (Å²) in [6, 6.07) is 1.91. The van der Waals surface area contributed by atoms with Gasteiger partial charge in [-0.15, -0.1) is 0 Å². The fraction of sp³-hybridized carbons (Fsp3) is 0.750. The van der Waals surface area contributed by atoms with Gasteiger partial charge in [0, 0.05) is 26.1 Å². The van der Waals surface area contributed by atoms with Crippen LogP contribution < -0.4 is 10.6 Å². The highest BCUT2D eigenvalue weighted by molar-refractivity contribution is 5.46. The van der Waals surface area contributed by atoms with Gasteiger partial charge in [-0.1, -0.05) is 13.3 Å². The van der Waals surface area contributed by atoms with E-state index in [0.29, 0.717) is 5.82 Å². The number of anilines is 2. The van der Waals surface area contributed by atoms with Crippen LogP contribution in [0.25, 0.3) is 0 Å². The number of aryl methyl sites for hydroxylation is 1.